The number of aryl methyl sites for hydroxylation is 1. The van der Waals surface area contributed by atoms with Crippen molar-refractivity contribution in [3.8, 4) is 0 Å². The Labute approximate surface area is 109 Å². The second-order valence-electron chi connectivity index (χ2n) is 3.64. The van der Waals surface area contributed by atoms with E-state index in [4.69, 9.17) is 11.6 Å². The minimum absolute atomic E-state index is 0.102. The smallest absolute Gasteiger partial charge is 0.149 e. The molecular formula is C10H13BrClNO2S. The van der Waals surface area contributed by atoms with Crippen molar-refractivity contribution in [3.63, 3.8) is 0 Å². The largest absolute Gasteiger partial charge is 0.383 e. The van der Waals surface area contributed by atoms with E-state index in [1.54, 1.807) is 6.07 Å². The molecule has 0 saturated heterocycles. The number of halogens is 2. The summed E-state index contributed by atoms with van der Waals surface area (Å²) in [6.07, 6.45) is 1.21. The van der Waals surface area contributed by atoms with Crippen LogP contribution in [0.5, 0.6) is 0 Å². The van der Waals surface area contributed by atoms with Gasteiger partial charge in [-0.1, -0.05) is 11.6 Å². The van der Waals surface area contributed by atoms with Crippen LogP contribution in [0, 0.1) is 6.92 Å². The molecule has 0 fully saturated rings. The van der Waals surface area contributed by atoms with Gasteiger partial charge in [-0.15, -0.1) is 0 Å². The zero-order chi connectivity index (χ0) is 12.3. The summed E-state index contributed by atoms with van der Waals surface area (Å²) in [5.41, 5.74) is 1.78. The summed E-state index contributed by atoms with van der Waals surface area (Å²) >= 11 is 9.37. The molecule has 0 bridgehead atoms. The maximum atomic E-state index is 10.9. The number of hydrogen-bond donors (Lipinski definition) is 1. The number of sulfone groups is 1. The monoisotopic (exact) mass is 325 g/mol. The predicted octanol–water partition coefficient (Wildman–Crippen LogP) is 2.87. The summed E-state index contributed by atoms with van der Waals surface area (Å²) in [7, 11) is -2.94. The lowest BCUT2D eigenvalue weighted by Crippen LogP contribution is -2.14. The summed E-state index contributed by atoms with van der Waals surface area (Å²) in [5, 5.41) is 3.68. The fraction of sp³-hybridized carbons (Fsp3) is 0.400. The van der Waals surface area contributed by atoms with Crippen LogP contribution in [-0.2, 0) is 9.84 Å². The summed E-state index contributed by atoms with van der Waals surface area (Å²) in [6.45, 7) is 2.28. The molecule has 0 aliphatic rings. The Hall–Kier alpha value is -0.260. The molecule has 1 aromatic carbocycles. The van der Waals surface area contributed by atoms with Crippen LogP contribution in [0.25, 0.3) is 0 Å². The minimum atomic E-state index is -2.94. The first-order valence-corrected chi connectivity index (χ1v) is 7.90. The molecule has 1 N–H and O–H groups in total. The molecule has 0 aliphatic carbocycles. The van der Waals surface area contributed by atoms with Crippen LogP contribution >= 0.6 is 27.5 Å². The SMILES string of the molecule is Cc1cc(Br)c(NCCS(C)(=O)=O)cc1Cl. The van der Waals surface area contributed by atoms with E-state index in [2.05, 4.69) is 21.2 Å². The van der Waals surface area contributed by atoms with Crippen LogP contribution in [0.1, 0.15) is 5.56 Å². The molecule has 0 heterocycles. The standard InChI is InChI=1S/C10H13BrClNO2S/c1-7-5-8(11)10(6-9(7)12)13-3-4-16(2,14)15/h5-6,13H,3-4H2,1-2H3. The average molecular weight is 327 g/mol. The summed E-state index contributed by atoms with van der Waals surface area (Å²) < 4.78 is 22.8. The highest BCUT2D eigenvalue weighted by Crippen LogP contribution is 2.28. The Morgan fingerprint density at radius 2 is 2.06 bits per heavy atom. The van der Waals surface area contributed by atoms with Gasteiger partial charge < -0.3 is 5.32 Å². The van der Waals surface area contributed by atoms with Gasteiger partial charge in [0.1, 0.15) is 9.84 Å². The normalized spacial score (nSPS) is 11.5. The predicted molar refractivity (Wildman–Crippen MR) is 72.1 cm³/mol. The summed E-state index contributed by atoms with van der Waals surface area (Å²) in [4.78, 5) is 0. The van der Waals surface area contributed by atoms with Crippen LogP contribution in [0.4, 0.5) is 5.69 Å². The maximum absolute atomic E-state index is 10.9. The van der Waals surface area contributed by atoms with E-state index in [1.165, 1.54) is 6.26 Å². The third-order valence-electron chi connectivity index (χ3n) is 2.04. The lowest BCUT2D eigenvalue weighted by atomic mass is 10.2. The molecule has 90 valence electrons. The van der Waals surface area contributed by atoms with Gasteiger partial charge in [-0.3, -0.25) is 0 Å². The van der Waals surface area contributed by atoms with E-state index in [0.29, 0.717) is 11.6 Å². The summed E-state index contributed by atoms with van der Waals surface area (Å²) in [5.74, 6) is 0.102. The molecule has 0 atom stereocenters. The van der Waals surface area contributed by atoms with Gasteiger partial charge >= 0.3 is 0 Å². The third kappa shape index (κ3) is 4.31. The number of hydrogen-bond acceptors (Lipinski definition) is 3. The van der Waals surface area contributed by atoms with Gasteiger partial charge in [0.05, 0.1) is 5.75 Å². The van der Waals surface area contributed by atoms with Crippen molar-refractivity contribution in [1.82, 2.24) is 0 Å². The average Bonchev–Trinajstić information content (AvgIpc) is 2.11. The van der Waals surface area contributed by atoms with Crippen LogP contribution in [0.3, 0.4) is 0 Å². The lowest BCUT2D eigenvalue weighted by molar-refractivity contribution is 0.602. The molecule has 1 rings (SSSR count). The number of anilines is 1. The molecule has 6 heteroatoms. The Morgan fingerprint density at radius 1 is 1.44 bits per heavy atom. The van der Waals surface area contributed by atoms with Crippen molar-refractivity contribution >= 4 is 43.1 Å². The van der Waals surface area contributed by atoms with Gasteiger partial charge in [0, 0.05) is 28.0 Å². The fourth-order valence-electron chi connectivity index (χ4n) is 1.15. The Bertz CT molecular complexity index is 488. The highest BCUT2D eigenvalue weighted by molar-refractivity contribution is 9.10. The maximum Gasteiger partial charge on any atom is 0.149 e. The molecule has 3 nitrogen and oxygen atoms in total. The van der Waals surface area contributed by atoms with E-state index in [1.807, 2.05) is 13.0 Å². The second kappa shape index (κ2) is 5.38. The number of benzene rings is 1. The van der Waals surface area contributed by atoms with E-state index in [0.717, 1.165) is 15.7 Å². The minimum Gasteiger partial charge on any atom is -0.383 e. The first kappa shape index (κ1) is 13.8. The van der Waals surface area contributed by atoms with Crippen LogP contribution in [0.2, 0.25) is 5.02 Å². The quantitative estimate of drug-likeness (QED) is 0.925. The fourth-order valence-corrected chi connectivity index (χ4v) is 2.39. The van der Waals surface area contributed by atoms with E-state index in [-0.39, 0.29) is 5.75 Å². The van der Waals surface area contributed by atoms with Gasteiger partial charge in [0.25, 0.3) is 0 Å². The van der Waals surface area contributed by atoms with Crippen molar-refractivity contribution in [3.05, 3.63) is 27.2 Å². The lowest BCUT2D eigenvalue weighted by Gasteiger charge is -2.09. The first-order valence-electron chi connectivity index (χ1n) is 4.67. The molecule has 1 aromatic rings. The van der Waals surface area contributed by atoms with Crippen LogP contribution < -0.4 is 5.32 Å². The Kier molecular flexibility index (Phi) is 4.64. The van der Waals surface area contributed by atoms with E-state index in [9.17, 15) is 8.42 Å². The highest BCUT2D eigenvalue weighted by atomic mass is 79.9. The molecule has 0 radical (unpaired) electrons. The van der Waals surface area contributed by atoms with Crippen molar-refractivity contribution in [2.45, 2.75) is 6.92 Å². The van der Waals surface area contributed by atoms with Gasteiger partial charge in [-0.05, 0) is 40.5 Å². The topological polar surface area (TPSA) is 46.2 Å². The molecule has 0 amide bonds. The number of nitrogens with one attached hydrogen (secondary N) is 1. The molecule has 0 aliphatic heterocycles. The van der Waals surface area contributed by atoms with Gasteiger partial charge in [0.15, 0.2) is 0 Å². The second-order valence-corrected chi connectivity index (χ2v) is 7.16. The van der Waals surface area contributed by atoms with Crippen molar-refractivity contribution in [2.75, 3.05) is 23.9 Å². The zero-order valence-electron chi connectivity index (χ0n) is 9.05. The third-order valence-corrected chi connectivity index (χ3v) is 4.05. The molecule has 0 spiro atoms. The zero-order valence-corrected chi connectivity index (χ0v) is 12.2. The van der Waals surface area contributed by atoms with Crippen molar-refractivity contribution in [1.29, 1.82) is 0 Å². The Morgan fingerprint density at radius 3 is 2.62 bits per heavy atom. The number of rotatable bonds is 4. The van der Waals surface area contributed by atoms with Crippen LogP contribution in [0.15, 0.2) is 16.6 Å². The van der Waals surface area contributed by atoms with Gasteiger partial charge in [0.2, 0.25) is 0 Å². The van der Waals surface area contributed by atoms with E-state index < -0.39 is 9.84 Å². The Balaban J connectivity index is 2.71. The molecule has 0 aromatic heterocycles. The molecular weight excluding hydrogens is 314 g/mol. The molecule has 0 unspecified atom stereocenters. The van der Waals surface area contributed by atoms with Gasteiger partial charge in [-0.25, -0.2) is 8.42 Å². The van der Waals surface area contributed by atoms with Gasteiger partial charge in [-0.2, -0.15) is 0 Å². The van der Waals surface area contributed by atoms with Crippen molar-refractivity contribution < 1.29 is 8.42 Å². The first-order chi connectivity index (χ1) is 7.29. The van der Waals surface area contributed by atoms with Crippen molar-refractivity contribution in [2.24, 2.45) is 0 Å². The van der Waals surface area contributed by atoms with Crippen LogP contribution in [-0.4, -0.2) is 27.0 Å². The van der Waals surface area contributed by atoms with E-state index >= 15 is 0 Å². The molecule has 16 heavy (non-hydrogen) atoms. The highest BCUT2D eigenvalue weighted by Gasteiger charge is 2.05. The molecule has 0 saturated carbocycles. The summed E-state index contributed by atoms with van der Waals surface area (Å²) in [6, 6.07) is 3.67.